The smallest absolute Gasteiger partial charge is 0.0426 e. The standard InChI is InChI=1S/C17H26N2/c1-10-7-11(2)18-12(3)17(10)13(4)19-16-9-14-5-6-15(16)8-14/h7,13-16,19H,5-6,8-9H2,1-4H3. The van der Waals surface area contributed by atoms with Crippen LogP contribution in [0.3, 0.4) is 0 Å². The maximum atomic E-state index is 4.64. The zero-order valence-corrected chi connectivity index (χ0v) is 12.7. The van der Waals surface area contributed by atoms with Crippen LogP contribution in [0.5, 0.6) is 0 Å². The van der Waals surface area contributed by atoms with Crippen molar-refractivity contribution in [3.63, 3.8) is 0 Å². The van der Waals surface area contributed by atoms with Gasteiger partial charge in [0, 0.05) is 23.5 Å². The lowest BCUT2D eigenvalue weighted by atomic mass is 9.93. The van der Waals surface area contributed by atoms with Gasteiger partial charge < -0.3 is 5.32 Å². The van der Waals surface area contributed by atoms with E-state index in [1.54, 1.807) is 0 Å². The molecule has 0 aromatic carbocycles. The van der Waals surface area contributed by atoms with Crippen molar-refractivity contribution in [1.29, 1.82) is 0 Å². The molecular weight excluding hydrogens is 232 g/mol. The van der Waals surface area contributed by atoms with Crippen LogP contribution in [0.4, 0.5) is 0 Å². The molecule has 1 heterocycles. The first-order chi connectivity index (χ1) is 9.04. The number of hydrogen-bond donors (Lipinski definition) is 1. The van der Waals surface area contributed by atoms with Crippen molar-refractivity contribution in [2.24, 2.45) is 11.8 Å². The topological polar surface area (TPSA) is 24.9 Å². The fraction of sp³-hybridized carbons (Fsp3) is 0.706. The Balaban J connectivity index is 1.75. The number of aryl methyl sites for hydroxylation is 3. The van der Waals surface area contributed by atoms with Gasteiger partial charge in [-0.15, -0.1) is 0 Å². The predicted octanol–water partition coefficient (Wildman–Crippen LogP) is 3.85. The zero-order valence-electron chi connectivity index (χ0n) is 12.7. The van der Waals surface area contributed by atoms with Gasteiger partial charge in [-0.3, -0.25) is 4.98 Å². The van der Waals surface area contributed by atoms with Gasteiger partial charge in [0.1, 0.15) is 0 Å². The quantitative estimate of drug-likeness (QED) is 0.891. The summed E-state index contributed by atoms with van der Waals surface area (Å²) in [5.74, 6) is 1.94. The molecule has 1 N–H and O–H groups in total. The highest BCUT2D eigenvalue weighted by atomic mass is 15.0. The number of nitrogens with zero attached hydrogens (tertiary/aromatic N) is 1. The zero-order chi connectivity index (χ0) is 13.6. The maximum Gasteiger partial charge on any atom is 0.0426 e. The molecule has 0 saturated heterocycles. The molecule has 2 heteroatoms. The van der Waals surface area contributed by atoms with Gasteiger partial charge in [0.2, 0.25) is 0 Å². The van der Waals surface area contributed by atoms with Gasteiger partial charge in [0.25, 0.3) is 0 Å². The maximum absolute atomic E-state index is 4.64. The molecule has 2 saturated carbocycles. The van der Waals surface area contributed by atoms with Gasteiger partial charge in [-0.1, -0.05) is 6.42 Å². The third-order valence-electron chi connectivity index (χ3n) is 5.22. The first-order valence-corrected chi connectivity index (χ1v) is 7.75. The highest BCUT2D eigenvalue weighted by molar-refractivity contribution is 5.33. The van der Waals surface area contributed by atoms with Gasteiger partial charge in [-0.05, 0) is 76.0 Å². The molecule has 1 aromatic heterocycles. The lowest BCUT2D eigenvalue weighted by molar-refractivity contribution is 0.326. The molecule has 3 rings (SSSR count). The SMILES string of the molecule is Cc1cc(C)c(C(C)NC2CC3CCC2C3)c(C)n1. The molecule has 2 fully saturated rings. The number of aromatic nitrogens is 1. The van der Waals surface area contributed by atoms with E-state index in [2.05, 4.69) is 44.1 Å². The van der Waals surface area contributed by atoms with Crippen molar-refractivity contribution in [1.82, 2.24) is 10.3 Å². The Morgan fingerprint density at radius 2 is 2.00 bits per heavy atom. The van der Waals surface area contributed by atoms with Gasteiger partial charge in [0.15, 0.2) is 0 Å². The summed E-state index contributed by atoms with van der Waals surface area (Å²) in [6, 6.07) is 3.38. The summed E-state index contributed by atoms with van der Waals surface area (Å²) in [6.45, 7) is 8.75. The Hall–Kier alpha value is -0.890. The van der Waals surface area contributed by atoms with Crippen molar-refractivity contribution in [3.8, 4) is 0 Å². The average Bonchev–Trinajstić information content (AvgIpc) is 2.89. The van der Waals surface area contributed by atoms with E-state index in [1.165, 1.54) is 42.5 Å². The Kier molecular flexibility index (Phi) is 3.38. The van der Waals surface area contributed by atoms with E-state index in [-0.39, 0.29) is 0 Å². The molecule has 2 nitrogen and oxygen atoms in total. The summed E-state index contributed by atoms with van der Waals surface area (Å²) in [4.78, 5) is 4.64. The van der Waals surface area contributed by atoms with Crippen LogP contribution in [0.2, 0.25) is 0 Å². The molecule has 0 amide bonds. The van der Waals surface area contributed by atoms with Crippen molar-refractivity contribution >= 4 is 0 Å². The van der Waals surface area contributed by atoms with Crippen molar-refractivity contribution < 1.29 is 0 Å². The number of fused-ring (bicyclic) bond motifs is 2. The lowest BCUT2D eigenvalue weighted by Gasteiger charge is -2.28. The Labute approximate surface area is 117 Å². The Bertz CT molecular complexity index is 457. The average molecular weight is 258 g/mol. The van der Waals surface area contributed by atoms with E-state index < -0.39 is 0 Å². The molecule has 1 aromatic rings. The molecule has 2 aliphatic carbocycles. The third kappa shape index (κ3) is 2.43. The van der Waals surface area contributed by atoms with Crippen LogP contribution in [0.15, 0.2) is 6.07 Å². The van der Waals surface area contributed by atoms with Crippen LogP contribution in [0, 0.1) is 32.6 Å². The molecule has 0 aliphatic heterocycles. The monoisotopic (exact) mass is 258 g/mol. The van der Waals surface area contributed by atoms with Crippen molar-refractivity contribution in [3.05, 3.63) is 28.6 Å². The van der Waals surface area contributed by atoms with Crippen LogP contribution >= 0.6 is 0 Å². The molecule has 2 aliphatic rings. The van der Waals surface area contributed by atoms with E-state index in [1.807, 2.05) is 0 Å². The second-order valence-corrected chi connectivity index (χ2v) is 6.75. The van der Waals surface area contributed by atoms with Crippen LogP contribution < -0.4 is 5.32 Å². The summed E-state index contributed by atoms with van der Waals surface area (Å²) in [6.07, 6.45) is 5.78. The number of hydrogen-bond acceptors (Lipinski definition) is 2. The van der Waals surface area contributed by atoms with Crippen molar-refractivity contribution in [2.45, 2.75) is 65.5 Å². The van der Waals surface area contributed by atoms with Gasteiger partial charge in [0.05, 0.1) is 0 Å². The fourth-order valence-electron chi connectivity index (χ4n) is 4.54. The fourth-order valence-corrected chi connectivity index (χ4v) is 4.54. The van der Waals surface area contributed by atoms with Crippen LogP contribution in [0.25, 0.3) is 0 Å². The number of nitrogens with one attached hydrogen (secondary N) is 1. The first kappa shape index (κ1) is 13.1. The largest absolute Gasteiger partial charge is 0.307 e. The van der Waals surface area contributed by atoms with Crippen LogP contribution in [0.1, 0.15) is 61.2 Å². The molecule has 0 radical (unpaired) electrons. The highest BCUT2D eigenvalue weighted by Gasteiger charge is 2.39. The minimum Gasteiger partial charge on any atom is -0.307 e. The van der Waals surface area contributed by atoms with Crippen LogP contribution in [-0.2, 0) is 0 Å². The molecule has 4 atom stereocenters. The number of rotatable bonds is 3. The minimum atomic E-state index is 0.428. The van der Waals surface area contributed by atoms with Crippen LogP contribution in [-0.4, -0.2) is 11.0 Å². The van der Waals surface area contributed by atoms with E-state index in [4.69, 9.17) is 0 Å². The molecule has 0 spiro atoms. The minimum absolute atomic E-state index is 0.428. The second-order valence-electron chi connectivity index (χ2n) is 6.75. The second kappa shape index (κ2) is 4.90. The summed E-state index contributed by atoms with van der Waals surface area (Å²) in [5.41, 5.74) is 5.12. The van der Waals surface area contributed by atoms with Gasteiger partial charge in [-0.2, -0.15) is 0 Å². The summed E-state index contributed by atoms with van der Waals surface area (Å²) >= 11 is 0. The third-order valence-corrected chi connectivity index (χ3v) is 5.22. The Morgan fingerprint density at radius 1 is 1.21 bits per heavy atom. The van der Waals surface area contributed by atoms with E-state index in [0.29, 0.717) is 6.04 Å². The molecular formula is C17H26N2. The molecule has 104 valence electrons. The Morgan fingerprint density at radius 3 is 2.58 bits per heavy atom. The number of pyridine rings is 1. The first-order valence-electron chi connectivity index (χ1n) is 7.75. The molecule has 19 heavy (non-hydrogen) atoms. The summed E-state index contributed by atoms with van der Waals surface area (Å²) < 4.78 is 0. The molecule has 2 bridgehead atoms. The molecule has 4 unspecified atom stereocenters. The van der Waals surface area contributed by atoms with E-state index in [9.17, 15) is 0 Å². The summed E-state index contributed by atoms with van der Waals surface area (Å²) in [7, 11) is 0. The summed E-state index contributed by atoms with van der Waals surface area (Å²) in [5, 5.41) is 3.89. The highest BCUT2D eigenvalue weighted by Crippen LogP contribution is 2.45. The van der Waals surface area contributed by atoms with Gasteiger partial charge in [-0.25, -0.2) is 0 Å². The predicted molar refractivity (Wildman–Crippen MR) is 79.2 cm³/mol. The lowest BCUT2D eigenvalue weighted by Crippen LogP contribution is -2.36. The van der Waals surface area contributed by atoms with E-state index >= 15 is 0 Å². The normalized spacial score (nSPS) is 30.8. The van der Waals surface area contributed by atoms with Crippen molar-refractivity contribution in [2.75, 3.05) is 0 Å². The van der Waals surface area contributed by atoms with E-state index in [0.717, 1.165) is 23.6 Å². The van der Waals surface area contributed by atoms with Gasteiger partial charge >= 0.3 is 0 Å².